The van der Waals surface area contributed by atoms with Crippen LogP contribution in [0.1, 0.15) is 122 Å². The van der Waals surface area contributed by atoms with E-state index in [1.165, 1.54) is 71.2 Å². The normalized spacial score (nSPS) is 9.81. The second-order valence-electron chi connectivity index (χ2n) is 19.3. The number of amides is 1. The summed E-state index contributed by atoms with van der Waals surface area (Å²) in [6, 6.07) is 29.3. The minimum atomic E-state index is -1.10. The number of fused-ring (bicyclic) bond motifs is 2. The molecule has 0 fully saturated rings. The van der Waals surface area contributed by atoms with Gasteiger partial charge < -0.3 is 57.0 Å². The number of nitrogens with one attached hydrogen (secondary N) is 1. The zero-order chi connectivity index (χ0) is 71.8. The van der Waals surface area contributed by atoms with Crippen molar-refractivity contribution in [1.82, 2.24) is 29.1 Å². The third-order valence-electron chi connectivity index (χ3n) is 12.1. The molecule has 5 heterocycles. The highest BCUT2D eigenvalue weighted by Gasteiger charge is 2.19. The number of nitrogens with two attached hydrogens (primary N) is 2. The minimum absolute atomic E-state index is 0. The van der Waals surface area contributed by atoms with Gasteiger partial charge in [-0.05, 0) is 120 Å². The topological polar surface area (TPSA) is 396 Å². The number of methoxy groups -OCH3 is 1. The Morgan fingerprint density at radius 2 is 0.922 bits per heavy atom. The number of aryl methyl sites for hydroxylation is 1. The van der Waals surface area contributed by atoms with Gasteiger partial charge in [0.1, 0.15) is 29.3 Å². The summed E-state index contributed by atoms with van der Waals surface area (Å²) in [5.41, 5.74) is 14.9. The molecule has 0 spiro atoms. The van der Waals surface area contributed by atoms with Crippen LogP contribution in [0, 0.1) is 5.92 Å². The fraction of sp³-hybridized carbons (Fsp3) is 0.257. The Hall–Kier alpha value is -8.76. The quantitative estimate of drug-likeness (QED) is 0.0232. The van der Waals surface area contributed by atoms with Crippen molar-refractivity contribution in [3.63, 3.8) is 0 Å². The third kappa shape index (κ3) is 34.3. The second-order valence-corrected chi connectivity index (χ2v) is 22.5. The zero-order valence-electron chi connectivity index (χ0n) is 50.5. The van der Waals surface area contributed by atoms with Crippen molar-refractivity contribution in [3.8, 4) is 0 Å². The molecule has 1 atom stereocenters. The summed E-state index contributed by atoms with van der Waals surface area (Å²) in [6.07, 6.45) is 9.01. The van der Waals surface area contributed by atoms with Crippen molar-refractivity contribution in [3.05, 3.63) is 251 Å². The lowest BCUT2D eigenvalue weighted by atomic mass is 10.0. The number of rotatable bonds is 17. The standard InChI is InChI=1S/C18H15Cl2N3O3.C16H10Cl2N2O3.C11H10Cl2O3.C9H8Cl2O2.C6H6N2O2.C2H7NO.C2H4O2.6CH4/c19-14-3-1-11(8-15(14)20)7-13-9-22-16-4-2-12(10-23(16)18(13)26)17(25)21-5-6-24;17-12-3-1-9(6-13(12)18)5-11-7-19-14-4-2-10(16(22)23)8-20(14)15(11)21;1-16-11(15)8(6-14)4-7-2-3-9(12)10(13)5-7;10-7-3-1-6(5-8(7)11)2-4-9(12)13;7-5-2-1-4(3-8-5)6(9)10;3-1-2-4;1-2(3)4;;;;;;/h1-4,8-10,24H,5-7H2,(H,21,25);1-4,6-8H,5H2,(H,22,23);2-3,5-6,8H,4H2,1H3;1,3,5H,2,4H2,(H,12,13);1-3H,(H2,7,8)(H,9,10);4H,1-3H2;1H3,(H,3,4);6*1H4. The van der Waals surface area contributed by atoms with Gasteiger partial charge in [-0.25, -0.2) is 24.5 Å². The van der Waals surface area contributed by atoms with Crippen LogP contribution in [-0.2, 0) is 49.6 Å². The predicted octanol–water partition coefficient (Wildman–Crippen LogP) is 14.3. The number of halogens is 8. The number of carboxylic acid groups (broad SMARTS) is 4. The molecule has 11 N–H and O–H groups in total. The molecule has 0 aliphatic rings. The number of hydrogen-bond acceptors (Lipinski definition) is 17. The third-order valence-corrected chi connectivity index (χ3v) is 15.0. The zero-order valence-corrected chi connectivity index (χ0v) is 56.5. The Morgan fingerprint density at radius 3 is 1.28 bits per heavy atom. The Morgan fingerprint density at radius 1 is 0.539 bits per heavy atom. The first kappa shape index (κ1) is 99.6. The van der Waals surface area contributed by atoms with E-state index in [4.69, 9.17) is 140 Å². The van der Waals surface area contributed by atoms with E-state index in [1.54, 1.807) is 84.9 Å². The van der Waals surface area contributed by atoms with Crippen LogP contribution in [0.3, 0.4) is 0 Å². The highest BCUT2D eigenvalue weighted by Crippen LogP contribution is 2.27. The van der Waals surface area contributed by atoms with Crippen LogP contribution >= 0.6 is 92.8 Å². The van der Waals surface area contributed by atoms with Crippen LogP contribution < -0.4 is 27.9 Å². The van der Waals surface area contributed by atoms with Crippen LogP contribution in [0.5, 0.6) is 0 Å². The number of esters is 1. The summed E-state index contributed by atoms with van der Waals surface area (Å²) < 4.78 is 7.07. The van der Waals surface area contributed by atoms with E-state index in [2.05, 4.69) is 25.0 Å². The summed E-state index contributed by atoms with van der Waals surface area (Å²) in [6.45, 7) is 1.54. The first-order valence-electron chi connectivity index (χ1n) is 27.6. The molecule has 0 saturated heterocycles. The molecule has 1 unspecified atom stereocenters. The van der Waals surface area contributed by atoms with E-state index in [-0.39, 0.29) is 105 Å². The molecular formula is C70H84Cl8N8O16. The maximum atomic E-state index is 12.8. The highest BCUT2D eigenvalue weighted by atomic mass is 35.5. The summed E-state index contributed by atoms with van der Waals surface area (Å²) in [4.78, 5) is 112. The molecular weight excluding hydrogens is 1490 g/mol. The number of carbonyl (C=O) groups excluding carboxylic acids is 3. The molecule has 9 rings (SSSR count). The fourth-order valence-electron chi connectivity index (χ4n) is 7.48. The number of pyridine rings is 3. The van der Waals surface area contributed by atoms with Crippen LogP contribution in [0.25, 0.3) is 11.3 Å². The molecule has 0 aliphatic heterocycles. The number of carboxylic acids is 4. The van der Waals surface area contributed by atoms with E-state index in [9.17, 15) is 38.4 Å². The predicted molar refractivity (Wildman–Crippen MR) is 407 cm³/mol. The Kier molecular flexibility index (Phi) is 50.2. The molecule has 0 bridgehead atoms. The molecule has 0 saturated carbocycles. The van der Waals surface area contributed by atoms with E-state index < -0.39 is 35.8 Å². The van der Waals surface area contributed by atoms with Crippen molar-refractivity contribution >= 4 is 152 Å². The molecule has 32 heteroatoms. The summed E-state index contributed by atoms with van der Waals surface area (Å²) in [7, 11) is 1.24. The van der Waals surface area contributed by atoms with E-state index in [0.29, 0.717) is 106 Å². The molecule has 556 valence electrons. The maximum Gasteiger partial charge on any atom is 0.337 e. The number of nitrogen functional groups attached to an aromatic ring is 1. The number of benzene rings is 4. The number of aromatic carboxylic acids is 2. The van der Waals surface area contributed by atoms with Gasteiger partial charge >= 0.3 is 23.9 Å². The van der Waals surface area contributed by atoms with Crippen LogP contribution in [0.4, 0.5) is 5.82 Å². The summed E-state index contributed by atoms with van der Waals surface area (Å²) in [5.74, 6) is -5.15. The number of carbonyl (C=O) groups is 7. The van der Waals surface area contributed by atoms with Crippen LogP contribution in [0.15, 0.2) is 150 Å². The van der Waals surface area contributed by atoms with Gasteiger partial charge in [0.05, 0.1) is 77.2 Å². The van der Waals surface area contributed by atoms with Gasteiger partial charge in [0, 0.05) is 81.4 Å². The van der Waals surface area contributed by atoms with Gasteiger partial charge in [-0.15, -0.1) is 0 Å². The van der Waals surface area contributed by atoms with E-state index in [1.807, 2.05) is 0 Å². The van der Waals surface area contributed by atoms with Crippen molar-refractivity contribution < 1.29 is 68.9 Å². The summed E-state index contributed by atoms with van der Waals surface area (Å²) in [5, 5.41) is 55.9. The fourth-order valence-corrected chi connectivity index (χ4v) is 8.76. The Bertz CT molecular complexity index is 4300. The number of aliphatic carboxylic acids is 2. The average Bonchev–Trinajstić information content (AvgIpc) is 0.799. The molecule has 1 amide bonds. The molecule has 9 aromatic rings. The van der Waals surface area contributed by atoms with Gasteiger partial charge in [-0.2, -0.15) is 0 Å². The molecule has 5 aromatic heterocycles. The van der Waals surface area contributed by atoms with Gasteiger partial charge in [-0.3, -0.25) is 37.6 Å². The number of nitrogens with zero attached hydrogens (tertiary/aromatic N) is 5. The van der Waals surface area contributed by atoms with Crippen molar-refractivity contribution in [2.75, 3.05) is 39.1 Å². The van der Waals surface area contributed by atoms with Crippen LogP contribution in [-0.4, -0.2) is 130 Å². The first-order chi connectivity index (χ1) is 45.5. The Labute approximate surface area is 631 Å². The number of aliphatic hydroxyl groups is 2. The maximum absolute atomic E-state index is 12.8. The Balaban J connectivity index is -0.000000582. The number of aliphatic hydroxyl groups excluding tert-OH is 2. The van der Waals surface area contributed by atoms with Gasteiger partial charge in [0.2, 0.25) is 0 Å². The van der Waals surface area contributed by atoms with E-state index in [0.717, 1.165) is 29.2 Å². The van der Waals surface area contributed by atoms with Crippen molar-refractivity contribution in [1.29, 1.82) is 0 Å². The minimum Gasteiger partial charge on any atom is -0.481 e. The SMILES string of the molecule is C.C.C.C.C.C.CC(=O)O.COC(=O)C(C=O)Cc1ccc(Cl)c(Cl)c1.NCCO.Nc1ccc(C(=O)O)cn1.O=C(NCCO)c1ccc2ncc(Cc3ccc(Cl)c(Cl)c3)c(=O)n2c1.O=C(O)CCc1ccc(Cl)c(Cl)c1.O=C(O)c1ccc2ncc(Cc3ccc(Cl)c(Cl)c3)c(=O)n2c1. The van der Waals surface area contributed by atoms with Crippen LogP contribution in [0.2, 0.25) is 40.2 Å². The number of hydrogen-bond donors (Lipinski definition) is 9. The molecule has 102 heavy (non-hydrogen) atoms. The molecule has 0 aliphatic carbocycles. The molecule has 0 radical (unpaired) electrons. The van der Waals surface area contributed by atoms with Gasteiger partial charge in [0.15, 0.2) is 0 Å². The summed E-state index contributed by atoms with van der Waals surface area (Å²) >= 11 is 46.8. The number of ether oxygens (including phenoxy) is 1. The number of anilines is 1. The highest BCUT2D eigenvalue weighted by molar-refractivity contribution is 6.43. The van der Waals surface area contributed by atoms with Gasteiger partial charge in [0.25, 0.3) is 23.0 Å². The molecule has 24 nitrogen and oxygen atoms in total. The van der Waals surface area contributed by atoms with Crippen molar-refractivity contribution in [2.24, 2.45) is 11.7 Å². The van der Waals surface area contributed by atoms with E-state index >= 15 is 0 Å². The largest absolute Gasteiger partial charge is 0.481 e. The molecule has 4 aromatic carbocycles. The lowest BCUT2D eigenvalue weighted by molar-refractivity contribution is -0.147. The number of aldehydes is 1. The van der Waals surface area contributed by atoms with Gasteiger partial charge in [-0.1, -0.05) is 162 Å². The van der Waals surface area contributed by atoms with Crippen molar-refractivity contribution in [2.45, 2.75) is 83.6 Å². The second kappa shape index (κ2) is 51.4. The first-order valence-corrected chi connectivity index (χ1v) is 30.6. The average molecular weight is 1580 g/mol. The monoisotopic (exact) mass is 1570 g/mol. The smallest absolute Gasteiger partial charge is 0.337 e. The lowest BCUT2D eigenvalue weighted by Gasteiger charge is -2.08. The number of aromatic nitrogens is 5. The lowest BCUT2D eigenvalue weighted by Crippen LogP contribution is -2.27.